The Kier molecular flexibility index (Phi) is 8.85. The van der Waals surface area contributed by atoms with Crippen LogP contribution in [0.4, 0.5) is 24.5 Å². The summed E-state index contributed by atoms with van der Waals surface area (Å²) in [5.74, 6) is -0.127. The summed E-state index contributed by atoms with van der Waals surface area (Å²) in [7, 11) is 0. The number of alkyl halides is 3. The van der Waals surface area contributed by atoms with Crippen LogP contribution in [0.1, 0.15) is 55.2 Å². The molecule has 1 amide bonds. The summed E-state index contributed by atoms with van der Waals surface area (Å²) in [6.45, 7) is 2.44. The number of pyridine rings is 1. The zero-order valence-corrected chi connectivity index (χ0v) is 22.5. The van der Waals surface area contributed by atoms with E-state index in [9.17, 15) is 18.0 Å². The highest BCUT2D eigenvalue weighted by atomic mass is 19.4. The average molecular weight is 549 g/mol. The summed E-state index contributed by atoms with van der Waals surface area (Å²) in [4.78, 5) is 22.1. The molecule has 1 aliphatic carbocycles. The van der Waals surface area contributed by atoms with E-state index in [1.165, 1.54) is 43.9 Å². The van der Waals surface area contributed by atoms with Gasteiger partial charge in [0.2, 0.25) is 5.91 Å². The van der Waals surface area contributed by atoms with Gasteiger partial charge in [-0.05, 0) is 79.3 Å². The first-order valence-electron chi connectivity index (χ1n) is 14.0. The van der Waals surface area contributed by atoms with Crippen LogP contribution in [-0.4, -0.2) is 45.9 Å². The maximum atomic E-state index is 13.5. The largest absolute Gasteiger partial charge is 0.416 e. The highest BCUT2D eigenvalue weighted by molar-refractivity contribution is 5.92. The molecular formula is C32H35F3N4O. The third-order valence-corrected chi connectivity index (χ3v) is 8.00. The van der Waals surface area contributed by atoms with E-state index in [-0.39, 0.29) is 11.9 Å². The molecule has 40 heavy (non-hydrogen) atoms. The second-order valence-electron chi connectivity index (χ2n) is 10.7. The van der Waals surface area contributed by atoms with E-state index in [1.807, 2.05) is 41.3 Å². The number of nitrogens with one attached hydrogen (secondary N) is 1. The molecule has 1 N–H and O–H groups in total. The van der Waals surface area contributed by atoms with Crippen molar-refractivity contribution in [2.45, 2.75) is 63.3 Å². The van der Waals surface area contributed by atoms with Crippen LogP contribution >= 0.6 is 0 Å². The predicted octanol–water partition coefficient (Wildman–Crippen LogP) is 7.29. The van der Waals surface area contributed by atoms with Crippen molar-refractivity contribution in [2.75, 3.05) is 18.4 Å². The Labute approximate surface area is 233 Å². The minimum Gasteiger partial charge on any atom is -0.355 e. The third kappa shape index (κ3) is 7.30. The summed E-state index contributed by atoms with van der Waals surface area (Å²) >= 11 is 0. The van der Waals surface area contributed by atoms with Gasteiger partial charge in [-0.15, -0.1) is 0 Å². The number of benzene rings is 2. The fourth-order valence-electron chi connectivity index (χ4n) is 5.76. The normalized spacial score (nSPS) is 17.4. The van der Waals surface area contributed by atoms with E-state index < -0.39 is 11.7 Å². The zero-order valence-electron chi connectivity index (χ0n) is 22.5. The first-order valence-corrected chi connectivity index (χ1v) is 14.0. The molecule has 0 bridgehead atoms. The standard InChI is InChI=1S/C32H35F3N4O/c33-32(34,35)26-10-5-24(6-11-26)9-14-31(40)39(30-17-21-38(22-18-30)29-3-1-2-4-29)23-25-7-12-27(13-8-25)37-28-15-19-36-20-16-28/h5-16,19-20,29-30H,1-4,17-18,21-23H2,(H,36,37). The molecule has 5 nitrogen and oxygen atoms in total. The summed E-state index contributed by atoms with van der Waals surface area (Å²) < 4.78 is 38.8. The van der Waals surface area contributed by atoms with Crippen LogP contribution in [0.5, 0.6) is 0 Å². The van der Waals surface area contributed by atoms with Crippen LogP contribution < -0.4 is 5.32 Å². The maximum absolute atomic E-state index is 13.5. The first-order chi connectivity index (χ1) is 19.3. The Morgan fingerprint density at radius 1 is 0.900 bits per heavy atom. The molecule has 0 radical (unpaired) electrons. The Hall–Kier alpha value is -3.65. The lowest BCUT2D eigenvalue weighted by molar-refractivity contribution is -0.137. The molecule has 1 saturated heterocycles. The fourth-order valence-corrected chi connectivity index (χ4v) is 5.76. The molecule has 0 spiro atoms. The van der Waals surface area contributed by atoms with E-state index in [4.69, 9.17) is 0 Å². The monoisotopic (exact) mass is 548 g/mol. The summed E-state index contributed by atoms with van der Waals surface area (Å²) in [5.41, 5.74) is 2.77. The van der Waals surface area contributed by atoms with Crippen LogP contribution in [0.2, 0.25) is 0 Å². The first kappa shape index (κ1) is 27.9. The van der Waals surface area contributed by atoms with Crippen molar-refractivity contribution >= 4 is 23.4 Å². The Balaban J connectivity index is 1.28. The third-order valence-electron chi connectivity index (χ3n) is 8.00. The lowest BCUT2D eigenvalue weighted by Crippen LogP contribution is -2.48. The Bertz CT molecular complexity index is 1260. The average Bonchev–Trinajstić information content (AvgIpc) is 3.51. The maximum Gasteiger partial charge on any atom is 0.416 e. The number of hydrogen-bond donors (Lipinski definition) is 1. The van der Waals surface area contributed by atoms with Gasteiger partial charge in [-0.1, -0.05) is 37.1 Å². The van der Waals surface area contributed by atoms with Crippen molar-refractivity contribution in [1.29, 1.82) is 0 Å². The molecule has 2 fully saturated rings. The summed E-state index contributed by atoms with van der Waals surface area (Å²) in [6, 6.07) is 17.5. The van der Waals surface area contributed by atoms with Crippen molar-refractivity contribution in [1.82, 2.24) is 14.8 Å². The SMILES string of the molecule is O=C(C=Cc1ccc(C(F)(F)F)cc1)N(Cc1ccc(Nc2ccncc2)cc1)C1CCN(C2CCCC2)CC1. The van der Waals surface area contributed by atoms with Gasteiger partial charge in [0.15, 0.2) is 0 Å². The summed E-state index contributed by atoms with van der Waals surface area (Å²) in [6.07, 6.45) is 9.14. The molecule has 0 unspecified atom stereocenters. The lowest BCUT2D eigenvalue weighted by atomic mass is 9.99. The molecular weight excluding hydrogens is 513 g/mol. The predicted molar refractivity (Wildman–Crippen MR) is 152 cm³/mol. The molecule has 1 saturated carbocycles. The minimum atomic E-state index is -4.38. The molecule has 2 aromatic carbocycles. The van der Waals surface area contributed by atoms with Gasteiger partial charge in [0.05, 0.1) is 5.56 Å². The van der Waals surface area contributed by atoms with E-state index in [1.54, 1.807) is 18.5 Å². The molecule has 1 aromatic heterocycles. The highest BCUT2D eigenvalue weighted by Gasteiger charge is 2.31. The van der Waals surface area contributed by atoms with Gasteiger partial charge < -0.3 is 15.1 Å². The van der Waals surface area contributed by atoms with Crippen molar-refractivity contribution in [3.8, 4) is 0 Å². The van der Waals surface area contributed by atoms with Crippen molar-refractivity contribution in [3.63, 3.8) is 0 Å². The van der Waals surface area contributed by atoms with Gasteiger partial charge in [0.1, 0.15) is 0 Å². The molecule has 1 aliphatic heterocycles. The number of halogens is 3. The number of piperidine rings is 1. The van der Waals surface area contributed by atoms with Crippen LogP contribution in [0.3, 0.4) is 0 Å². The van der Waals surface area contributed by atoms with E-state index >= 15 is 0 Å². The van der Waals surface area contributed by atoms with Crippen molar-refractivity contribution < 1.29 is 18.0 Å². The van der Waals surface area contributed by atoms with Crippen molar-refractivity contribution in [2.24, 2.45) is 0 Å². The molecule has 0 atom stereocenters. The van der Waals surface area contributed by atoms with Gasteiger partial charge in [-0.3, -0.25) is 9.78 Å². The molecule has 3 aromatic rings. The smallest absolute Gasteiger partial charge is 0.355 e. The van der Waals surface area contributed by atoms with Crippen LogP contribution in [0, 0.1) is 0 Å². The lowest BCUT2D eigenvalue weighted by Gasteiger charge is -2.40. The molecule has 8 heteroatoms. The van der Waals surface area contributed by atoms with Crippen LogP contribution in [0.25, 0.3) is 6.08 Å². The van der Waals surface area contributed by atoms with Crippen LogP contribution in [0.15, 0.2) is 79.1 Å². The topological polar surface area (TPSA) is 48.5 Å². The number of anilines is 2. The number of aromatic nitrogens is 1. The van der Waals surface area contributed by atoms with Crippen LogP contribution in [-0.2, 0) is 17.5 Å². The number of hydrogen-bond acceptors (Lipinski definition) is 4. The highest BCUT2D eigenvalue weighted by Crippen LogP contribution is 2.30. The zero-order chi connectivity index (χ0) is 28.0. The molecule has 210 valence electrons. The van der Waals surface area contributed by atoms with Crippen molar-refractivity contribution in [3.05, 3.63) is 95.8 Å². The number of rotatable bonds is 8. The summed E-state index contributed by atoms with van der Waals surface area (Å²) in [5, 5.41) is 3.35. The Morgan fingerprint density at radius 2 is 1.52 bits per heavy atom. The minimum absolute atomic E-state index is 0.108. The number of amides is 1. The van der Waals surface area contributed by atoms with E-state index in [2.05, 4.69) is 15.2 Å². The number of likely N-dealkylation sites (tertiary alicyclic amines) is 1. The number of carbonyl (C=O) groups excluding carboxylic acids is 1. The molecule has 5 rings (SSSR count). The fraction of sp³-hybridized carbons (Fsp3) is 0.375. The van der Waals surface area contributed by atoms with Gasteiger partial charge >= 0.3 is 6.18 Å². The number of carbonyl (C=O) groups is 1. The van der Waals surface area contributed by atoms with E-state index in [0.29, 0.717) is 18.2 Å². The number of nitrogens with zero attached hydrogens (tertiary/aromatic N) is 3. The van der Waals surface area contributed by atoms with Gasteiger partial charge in [-0.2, -0.15) is 13.2 Å². The quantitative estimate of drug-likeness (QED) is 0.300. The van der Waals surface area contributed by atoms with E-state index in [0.717, 1.165) is 55.0 Å². The molecule has 2 heterocycles. The van der Waals surface area contributed by atoms with Gasteiger partial charge in [0, 0.05) is 61.6 Å². The Morgan fingerprint density at radius 3 is 2.15 bits per heavy atom. The van der Waals surface area contributed by atoms with Gasteiger partial charge in [0.25, 0.3) is 0 Å². The second kappa shape index (κ2) is 12.7. The van der Waals surface area contributed by atoms with Gasteiger partial charge in [-0.25, -0.2) is 0 Å². The molecule has 2 aliphatic rings. The second-order valence-corrected chi connectivity index (χ2v) is 10.7.